The van der Waals surface area contributed by atoms with Crippen molar-refractivity contribution in [2.24, 2.45) is 7.05 Å². The lowest BCUT2D eigenvalue weighted by molar-refractivity contribution is 0.802. The third kappa shape index (κ3) is 2.37. The van der Waals surface area contributed by atoms with Gasteiger partial charge in [0.15, 0.2) is 5.82 Å². The Balaban J connectivity index is 1.77. The molecule has 20 heavy (non-hydrogen) atoms. The molecule has 3 rings (SSSR count). The summed E-state index contributed by atoms with van der Waals surface area (Å²) < 4.78 is 2.00. The van der Waals surface area contributed by atoms with Crippen molar-refractivity contribution in [3.8, 4) is 0 Å². The summed E-state index contributed by atoms with van der Waals surface area (Å²) in [5.41, 5.74) is 3.35. The highest BCUT2D eigenvalue weighted by molar-refractivity contribution is 5.85. The first-order valence-electron chi connectivity index (χ1n) is 6.80. The van der Waals surface area contributed by atoms with Crippen molar-refractivity contribution >= 4 is 16.9 Å². The van der Waals surface area contributed by atoms with Gasteiger partial charge in [0.2, 0.25) is 0 Å². The molecule has 2 aromatic heterocycles. The molecule has 0 radical (unpaired) electrons. The fourth-order valence-corrected chi connectivity index (χ4v) is 2.34. The van der Waals surface area contributed by atoms with Crippen molar-refractivity contribution in [1.29, 1.82) is 0 Å². The predicted octanol–water partition coefficient (Wildman–Crippen LogP) is 3.18. The topological polar surface area (TPSA) is 42.7 Å². The van der Waals surface area contributed by atoms with E-state index in [0.29, 0.717) is 5.92 Å². The highest BCUT2D eigenvalue weighted by Gasteiger charge is 2.09. The molecule has 0 aliphatic carbocycles. The highest BCUT2D eigenvalue weighted by atomic mass is 15.1. The molecule has 0 fully saturated rings. The second-order valence-corrected chi connectivity index (χ2v) is 5.08. The van der Waals surface area contributed by atoms with E-state index in [1.165, 1.54) is 5.56 Å². The predicted molar refractivity (Wildman–Crippen MR) is 81.9 cm³/mol. The molecule has 0 saturated heterocycles. The summed E-state index contributed by atoms with van der Waals surface area (Å²) in [7, 11) is 1.99. The number of nitrogens with one attached hydrogen (secondary N) is 1. The van der Waals surface area contributed by atoms with E-state index in [-0.39, 0.29) is 0 Å². The minimum absolute atomic E-state index is 0.428. The lowest BCUT2D eigenvalue weighted by Gasteiger charge is -2.13. The van der Waals surface area contributed by atoms with Crippen molar-refractivity contribution in [2.75, 3.05) is 11.9 Å². The number of pyridine rings is 1. The van der Waals surface area contributed by atoms with Crippen LogP contribution >= 0.6 is 0 Å². The zero-order valence-electron chi connectivity index (χ0n) is 11.7. The van der Waals surface area contributed by atoms with Crippen LogP contribution in [0.3, 0.4) is 0 Å². The molecule has 4 nitrogen and oxygen atoms in total. The van der Waals surface area contributed by atoms with E-state index >= 15 is 0 Å². The Morgan fingerprint density at radius 1 is 1.15 bits per heavy atom. The number of fused-ring (bicyclic) bond motifs is 1. The number of hydrogen-bond donors (Lipinski definition) is 1. The summed E-state index contributed by atoms with van der Waals surface area (Å²) in [5, 5.41) is 3.41. The maximum Gasteiger partial charge on any atom is 0.154 e. The quantitative estimate of drug-likeness (QED) is 0.788. The molecule has 1 aromatic carbocycles. The summed E-state index contributed by atoms with van der Waals surface area (Å²) in [6, 6.07) is 12.5. The lowest BCUT2D eigenvalue weighted by Crippen LogP contribution is -2.11. The van der Waals surface area contributed by atoms with E-state index in [2.05, 4.69) is 46.5 Å². The SMILES string of the molecule is CC(CNc1nccc2c1ncn2C)c1ccccc1. The zero-order chi connectivity index (χ0) is 13.9. The molecule has 2 heterocycles. The molecule has 4 heteroatoms. The van der Waals surface area contributed by atoms with Crippen LogP contribution < -0.4 is 5.32 Å². The van der Waals surface area contributed by atoms with Crippen molar-refractivity contribution in [2.45, 2.75) is 12.8 Å². The first-order valence-corrected chi connectivity index (χ1v) is 6.80. The van der Waals surface area contributed by atoms with E-state index in [9.17, 15) is 0 Å². The first-order chi connectivity index (χ1) is 9.75. The molecule has 1 atom stereocenters. The second-order valence-electron chi connectivity index (χ2n) is 5.08. The largest absolute Gasteiger partial charge is 0.368 e. The van der Waals surface area contributed by atoms with Gasteiger partial charge < -0.3 is 9.88 Å². The summed E-state index contributed by atoms with van der Waals surface area (Å²) in [6.45, 7) is 3.05. The van der Waals surface area contributed by atoms with Crippen LogP contribution in [0.25, 0.3) is 11.0 Å². The van der Waals surface area contributed by atoms with Gasteiger partial charge in [-0.05, 0) is 17.5 Å². The van der Waals surface area contributed by atoms with Gasteiger partial charge in [0.05, 0.1) is 11.8 Å². The molecule has 0 bridgehead atoms. The average molecular weight is 266 g/mol. The molecule has 102 valence electrons. The van der Waals surface area contributed by atoms with E-state index in [0.717, 1.165) is 23.4 Å². The highest BCUT2D eigenvalue weighted by Crippen LogP contribution is 2.20. The number of aryl methyl sites for hydroxylation is 1. The van der Waals surface area contributed by atoms with Crippen molar-refractivity contribution in [3.05, 3.63) is 54.5 Å². The smallest absolute Gasteiger partial charge is 0.154 e. The minimum atomic E-state index is 0.428. The standard InChI is InChI=1S/C16H18N4/c1-12(13-6-4-3-5-7-13)10-18-16-15-14(8-9-17-16)20(2)11-19-15/h3-9,11-12H,10H2,1-2H3,(H,17,18). The van der Waals surface area contributed by atoms with Gasteiger partial charge in [-0.2, -0.15) is 0 Å². The monoisotopic (exact) mass is 266 g/mol. The van der Waals surface area contributed by atoms with Crippen LogP contribution in [0.2, 0.25) is 0 Å². The molecular weight excluding hydrogens is 248 g/mol. The number of aromatic nitrogens is 3. The van der Waals surface area contributed by atoms with Gasteiger partial charge in [0, 0.05) is 19.8 Å². The van der Waals surface area contributed by atoms with Crippen LogP contribution in [0.1, 0.15) is 18.4 Å². The van der Waals surface area contributed by atoms with Crippen LogP contribution in [-0.2, 0) is 7.05 Å². The summed E-state index contributed by atoms with van der Waals surface area (Å²) in [5.74, 6) is 1.28. The summed E-state index contributed by atoms with van der Waals surface area (Å²) in [4.78, 5) is 8.81. The number of benzene rings is 1. The van der Waals surface area contributed by atoms with Gasteiger partial charge in [0.1, 0.15) is 5.52 Å². The van der Waals surface area contributed by atoms with E-state index in [4.69, 9.17) is 0 Å². The Bertz CT molecular complexity index is 703. The molecule has 0 amide bonds. The normalized spacial score (nSPS) is 12.5. The molecule has 1 unspecified atom stereocenters. The van der Waals surface area contributed by atoms with Crippen molar-refractivity contribution in [3.63, 3.8) is 0 Å². The van der Waals surface area contributed by atoms with Gasteiger partial charge >= 0.3 is 0 Å². The molecule has 0 spiro atoms. The molecule has 0 aliphatic rings. The maximum atomic E-state index is 4.41. The lowest BCUT2D eigenvalue weighted by atomic mass is 10.0. The Labute approximate surface area is 118 Å². The van der Waals surface area contributed by atoms with Crippen LogP contribution in [0, 0.1) is 0 Å². The number of imidazole rings is 1. The second kappa shape index (κ2) is 5.33. The van der Waals surface area contributed by atoms with Crippen LogP contribution in [0.15, 0.2) is 48.9 Å². The molecule has 0 aliphatic heterocycles. The molecule has 3 aromatic rings. The van der Waals surface area contributed by atoms with Crippen molar-refractivity contribution < 1.29 is 0 Å². The Hall–Kier alpha value is -2.36. The number of rotatable bonds is 4. The van der Waals surface area contributed by atoms with Gasteiger partial charge in [-0.3, -0.25) is 0 Å². The van der Waals surface area contributed by atoms with Crippen LogP contribution in [0.5, 0.6) is 0 Å². The Morgan fingerprint density at radius 2 is 1.95 bits per heavy atom. The van der Waals surface area contributed by atoms with Gasteiger partial charge in [0.25, 0.3) is 0 Å². The third-order valence-corrected chi connectivity index (χ3v) is 3.59. The van der Waals surface area contributed by atoms with Crippen LogP contribution in [0.4, 0.5) is 5.82 Å². The van der Waals surface area contributed by atoms with Crippen LogP contribution in [-0.4, -0.2) is 21.1 Å². The van der Waals surface area contributed by atoms with Gasteiger partial charge in [-0.1, -0.05) is 37.3 Å². The Kier molecular flexibility index (Phi) is 3.37. The van der Waals surface area contributed by atoms with E-state index in [1.807, 2.05) is 36.3 Å². The average Bonchev–Trinajstić information content (AvgIpc) is 2.88. The minimum Gasteiger partial charge on any atom is -0.368 e. The van der Waals surface area contributed by atoms with Crippen molar-refractivity contribution in [1.82, 2.24) is 14.5 Å². The molecule has 0 saturated carbocycles. The van der Waals surface area contributed by atoms with E-state index < -0.39 is 0 Å². The first kappa shape index (κ1) is 12.7. The summed E-state index contributed by atoms with van der Waals surface area (Å²) in [6.07, 6.45) is 3.64. The zero-order valence-corrected chi connectivity index (χ0v) is 11.7. The van der Waals surface area contributed by atoms with Gasteiger partial charge in [-0.15, -0.1) is 0 Å². The maximum absolute atomic E-state index is 4.41. The summed E-state index contributed by atoms with van der Waals surface area (Å²) >= 11 is 0. The number of nitrogens with zero attached hydrogens (tertiary/aromatic N) is 3. The molecular formula is C16H18N4. The fraction of sp³-hybridized carbons (Fsp3) is 0.250. The fourth-order valence-electron chi connectivity index (χ4n) is 2.34. The number of hydrogen-bond acceptors (Lipinski definition) is 3. The Morgan fingerprint density at radius 3 is 2.75 bits per heavy atom. The molecule has 1 N–H and O–H groups in total. The van der Waals surface area contributed by atoms with E-state index in [1.54, 1.807) is 0 Å². The van der Waals surface area contributed by atoms with Gasteiger partial charge in [-0.25, -0.2) is 9.97 Å². The third-order valence-electron chi connectivity index (χ3n) is 3.59. The number of anilines is 1.